The molecule has 1 aliphatic carbocycles. The Kier molecular flexibility index (Phi) is 3.04. The molecule has 1 aliphatic rings. The zero-order valence-corrected chi connectivity index (χ0v) is 7.69. The smallest absolute Gasteiger partial charge is 0.116 e. The number of hydrogen-bond donors (Lipinski definition) is 0. The molecule has 0 saturated heterocycles. The van der Waals surface area contributed by atoms with Gasteiger partial charge in [-0.3, -0.25) is 0 Å². The summed E-state index contributed by atoms with van der Waals surface area (Å²) < 4.78 is 4.12. The van der Waals surface area contributed by atoms with E-state index in [-0.39, 0.29) is 0 Å². The van der Waals surface area contributed by atoms with E-state index in [1.165, 1.54) is 11.9 Å². The van der Waals surface area contributed by atoms with Gasteiger partial charge in [0.1, 0.15) is 15.7 Å². The van der Waals surface area contributed by atoms with E-state index in [1.54, 1.807) is 12.2 Å². The van der Waals surface area contributed by atoms with Crippen molar-refractivity contribution in [1.29, 1.82) is 0 Å². The quantitative estimate of drug-likeness (QED) is 0.428. The Morgan fingerprint density at radius 1 is 1.33 bits per heavy atom. The van der Waals surface area contributed by atoms with E-state index in [9.17, 15) is 0 Å². The van der Waals surface area contributed by atoms with Gasteiger partial charge in [-0.25, -0.2) is 4.40 Å². The molecule has 0 amide bonds. The summed E-state index contributed by atoms with van der Waals surface area (Å²) >= 11 is 1.34. The average molecular weight is 171 g/mol. The van der Waals surface area contributed by atoms with Crippen LogP contribution in [0.4, 0.5) is 0 Å². The van der Waals surface area contributed by atoms with Crippen LogP contribution in [0.2, 0.25) is 0 Å². The molecule has 1 nitrogen and oxygen atoms in total. The van der Waals surface area contributed by atoms with E-state index >= 15 is 0 Å². The van der Waals surface area contributed by atoms with Crippen molar-refractivity contribution >= 4 is 33.4 Å². The fraction of sp³-hybridized carbons (Fsp3) is 0.125. The van der Waals surface area contributed by atoms with Crippen LogP contribution in [0.25, 0.3) is 0 Å². The van der Waals surface area contributed by atoms with Crippen molar-refractivity contribution in [2.45, 2.75) is 0 Å². The minimum atomic E-state index is 0.614. The van der Waals surface area contributed by atoms with Crippen LogP contribution in [0, 0.1) is 0 Å². The largest absolute Gasteiger partial charge is 0.217 e. The molecule has 0 aromatic carbocycles. The second-order valence-electron chi connectivity index (χ2n) is 2.35. The van der Waals surface area contributed by atoms with E-state index in [2.05, 4.69) is 11.0 Å². The Morgan fingerprint density at radius 3 is 2.50 bits per heavy atom. The predicted octanol–water partition coefficient (Wildman–Crippen LogP) is 1.38. The van der Waals surface area contributed by atoms with E-state index in [1.807, 2.05) is 6.26 Å². The van der Waals surface area contributed by atoms with Gasteiger partial charge in [0.05, 0.1) is 5.71 Å². The number of nitrogens with zero attached hydrogens (tertiary/aromatic N) is 1. The van der Waals surface area contributed by atoms with Crippen molar-refractivity contribution in [2.75, 3.05) is 6.26 Å². The van der Waals surface area contributed by atoms with Gasteiger partial charge in [0.15, 0.2) is 0 Å². The zero-order valence-electron chi connectivity index (χ0n) is 6.87. The molecular weight excluding hydrogens is 164 g/mol. The van der Waals surface area contributed by atoms with E-state index < -0.39 is 0 Å². The Morgan fingerprint density at radius 2 is 1.92 bits per heavy atom. The van der Waals surface area contributed by atoms with Crippen LogP contribution in [-0.2, 0) is 0 Å². The minimum Gasteiger partial charge on any atom is -0.217 e. The maximum Gasteiger partial charge on any atom is 0.116 e. The molecule has 0 fully saturated rings. The fourth-order valence-electron chi connectivity index (χ4n) is 0.869. The number of allylic oxidation sites excluding steroid dienone is 5. The first-order valence-corrected chi connectivity index (χ1v) is 4.59. The molecule has 0 unspecified atom stereocenters. The third kappa shape index (κ3) is 1.75. The van der Waals surface area contributed by atoms with Crippen LogP contribution >= 0.6 is 11.9 Å². The Balaban J connectivity index is 3.06. The van der Waals surface area contributed by atoms with Gasteiger partial charge in [-0.1, -0.05) is 29.7 Å². The van der Waals surface area contributed by atoms with Crippen LogP contribution in [0.3, 0.4) is 0 Å². The Hall–Kier alpha value is -0.630. The molecule has 0 heterocycles. The lowest BCUT2D eigenvalue weighted by atomic mass is 9.75. The third-order valence-electron chi connectivity index (χ3n) is 1.53. The van der Waals surface area contributed by atoms with E-state index in [0.717, 1.165) is 0 Å². The number of rotatable bonds is 1. The van der Waals surface area contributed by atoms with Crippen LogP contribution in [0.5, 0.6) is 0 Å². The molecule has 0 aliphatic heterocycles. The lowest BCUT2D eigenvalue weighted by molar-refractivity contribution is 1.65. The fourth-order valence-corrected chi connectivity index (χ4v) is 1.27. The van der Waals surface area contributed by atoms with Crippen molar-refractivity contribution in [2.24, 2.45) is 4.40 Å². The van der Waals surface area contributed by atoms with Crippen molar-refractivity contribution in [3.63, 3.8) is 0 Å². The predicted molar refractivity (Wildman–Crippen MR) is 57.8 cm³/mol. The lowest BCUT2D eigenvalue weighted by Crippen LogP contribution is -2.11. The highest BCUT2D eigenvalue weighted by Crippen LogP contribution is 2.18. The Bertz CT molecular complexity index is 298. The lowest BCUT2D eigenvalue weighted by Gasteiger charge is -2.14. The molecule has 0 spiro atoms. The van der Waals surface area contributed by atoms with Crippen molar-refractivity contribution in [1.82, 2.24) is 0 Å². The first kappa shape index (κ1) is 9.46. The summed E-state index contributed by atoms with van der Waals surface area (Å²) in [6.07, 6.45) is 5.33. The summed E-state index contributed by atoms with van der Waals surface area (Å²) in [6.45, 7) is 3.79. The Labute approximate surface area is 79.7 Å². The molecule has 1 rings (SSSR count). The maximum atomic E-state index is 5.67. The molecule has 0 N–H and O–H groups in total. The summed E-state index contributed by atoms with van der Waals surface area (Å²) in [6, 6.07) is 0. The monoisotopic (exact) mass is 171 g/mol. The summed E-state index contributed by atoms with van der Waals surface area (Å²) in [5.41, 5.74) is 2.62. The second kappa shape index (κ2) is 3.85. The second-order valence-corrected chi connectivity index (χ2v) is 2.89. The topological polar surface area (TPSA) is 12.4 Å². The van der Waals surface area contributed by atoms with E-state index in [4.69, 9.17) is 15.7 Å². The van der Waals surface area contributed by atoms with Crippen molar-refractivity contribution in [3.05, 3.63) is 35.2 Å². The summed E-state index contributed by atoms with van der Waals surface area (Å²) in [7, 11) is 11.3. The zero-order chi connectivity index (χ0) is 9.14. The van der Waals surface area contributed by atoms with Crippen LogP contribution < -0.4 is 0 Å². The summed E-state index contributed by atoms with van der Waals surface area (Å²) in [4.78, 5) is 0. The molecule has 4 heteroatoms. The average Bonchev–Trinajstić information content (AvgIpc) is 2.06. The summed E-state index contributed by atoms with van der Waals surface area (Å²) in [5, 5.41) is 0. The van der Waals surface area contributed by atoms with Gasteiger partial charge in [-0.05, 0) is 17.5 Å². The molecule has 0 saturated carbocycles. The molecular formula is C8H7B2NS. The van der Waals surface area contributed by atoms with Crippen molar-refractivity contribution < 1.29 is 0 Å². The summed E-state index contributed by atoms with van der Waals surface area (Å²) in [5.74, 6) is 0. The molecule has 0 aromatic heterocycles. The van der Waals surface area contributed by atoms with Gasteiger partial charge in [-0.2, -0.15) is 0 Å². The first-order valence-electron chi connectivity index (χ1n) is 3.41. The van der Waals surface area contributed by atoms with Gasteiger partial charge in [0.25, 0.3) is 0 Å². The van der Waals surface area contributed by atoms with Gasteiger partial charge in [-0.15, -0.1) is 0 Å². The molecule has 0 bridgehead atoms. The van der Waals surface area contributed by atoms with Gasteiger partial charge >= 0.3 is 0 Å². The third-order valence-corrected chi connectivity index (χ3v) is 1.90. The highest BCUT2D eigenvalue weighted by Gasteiger charge is 2.10. The molecule has 0 aromatic rings. The minimum absolute atomic E-state index is 0.614. The highest BCUT2D eigenvalue weighted by atomic mass is 32.2. The first-order chi connectivity index (χ1) is 5.66. The normalized spacial score (nSPS) is 20.8. The van der Waals surface area contributed by atoms with Gasteiger partial charge in [0.2, 0.25) is 0 Å². The van der Waals surface area contributed by atoms with Gasteiger partial charge < -0.3 is 0 Å². The highest BCUT2D eigenvalue weighted by molar-refractivity contribution is 7.97. The van der Waals surface area contributed by atoms with Crippen LogP contribution in [-0.4, -0.2) is 27.7 Å². The van der Waals surface area contributed by atoms with Gasteiger partial charge in [0, 0.05) is 6.26 Å². The molecule has 12 heavy (non-hydrogen) atoms. The number of hydrogen-bond acceptors (Lipinski definition) is 2. The standard InChI is InChI=1S/C8H7B2NS/c1-5-6(9)3-4-7(10)8(5)11-12-2/h3-4H,1H2,2H3. The SMILES string of the molecule is [B]C1=CC=C([B])C(=NSC)C1=C. The maximum absolute atomic E-state index is 5.67. The molecule has 4 radical (unpaired) electrons. The molecule has 56 valence electrons. The van der Waals surface area contributed by atoms with Crippen LogP contribution in [0.1, 0.15) is 0 Å². The van der Waals surface area contributed by atoms with E-state index in [0.29, 0.717) is 22.2 Å². The van der Waals surface area contributed by atoms with Crippen molar-refractivity contribution in [3.8, 4) is 0 Å². The van der Waals surface area contributed by atoms with Crippen LogP contribution in [0.15, 0.2) is 39.6 Å². The molecule has 0 atom stereocenters.